The average molecular weight is 240 g/mol. The highest BCUT2D eigenvalue weighted by Crippen LogP contribution is 2.37. The maximum Gasteiger partial charge on any atom is 0.237 e. The van der Waals surface area contributed by atoms with E-state index in [2.05, 4.69) is 17.6 Å². The van der Waals surface area contributed by atoms with Crippen LogP contribution in [0.2, 0.25) is 0 Å². The van der Waals surface area contributed by atoms with Gasteiger partial charge in [0.25, 0.3) is 0 Å². The molecule has 2 N–H and O–H groups in total. The standard InChI is InChI=1S/C13H24N2O2/c1-9(8-17-2)6-15-13(16)12-11-5-3-4-10(11)7-14-12/h9-12,14H,3-8H2,1-2H3,(H,15,16). The first kappa shape index (κ1) is 12.8. The molecule has 1 saturated carbocycles. The Morgan fingerprint density at radius 3 is 3.12 bits per heavy atom. The van der Waals surface area contributed by atoms with Crippen molar-refractivity contribution in [2.45, 2.75) is 32.2 Å². The number of hydrogen-bond donors (Lipinski definition) is 2. The molecule has 1 aliphatic carbocycles. The van der Waals surface area contributed by atoms with E-state index in [9.17, 15) is 4.79 Å². The van der Waals surface area contributed by atoms with Crippen molar-refractivity contribution < 1.29 is 9.53 Å². The van der Waals surface area contributed by atoms with Crippen LogP contribution in [0, 0.1) is 17.8 Å². The average Bonchev–Trinajstić information content (AvgIpc) is 2.87. The van der Waals surface area contributed by atoms with Gasteiger partial charge in [-0.25, -0.2) is 0 Å². The number of ether oxygens (including phenoxy) is 1. The molecule has 0 radical (unpaired) electrons. The molecule has 0 bridgehead atoms. The van der Waals surface area contributed by atoms with Crippen molar-refractivity contribution in [2.24, 2.45) is 17.8 Å². The molecule has 17 heavy (non-hydrogen) atoms. The van der Waals surface area contributed by atoms with Crippen molar-refractivity contribution in [1.82, 2.24) is 10.6 Å². The van der Waals surface area contributed by atoms with Gasteiger partial charge in [0.05, 0.1) is 12.6 Å². The quantitative estimate of drug-likeness (QED) is 0.746. The number of nitrogens with one attached hydrogen (secondary N) is 2. The second-order valence-electron chi connectivity index (χ2n) is 5.55. The van der Waals surface area contributed by atoms with E-state index in [1.54, 1.807) is 7.11 Å². The lowest BCUT2D eigenvalue weighted by Crippen LogP contribution is -2.45. The Hall–Kier alpha value is -0.610. The van der Waals surface area contributed by atoms with Gasteiger partial charge in [0.1, 0.15) is 0 Å². The van der Waals surface area contributed by atoms with Gasteiger partial charge in [0, 0.05) is 13.7 Å². The summed E-state index contributed by atoms with van der Waals surface area (Å²) in [5.74, 6) is 1.88. The Bertz CT molecular complexity index is 270. The Morgan fingerprint density at radius 1 is 1.53 bits per heavy atom. The van der Waals surface area contributed by atoms with E-state index in [0.29, 0.717) is 25.0 Å². The van der Waals surface area contributed by atoms with Gasteiger partial charge < -0.3 is 15.4 Å². The molecule has 1 heterocycles. The van der Waals surface area contributed by atoms with Crippen molar-refractivity contribution >= 4 is 5.91 Å². The van der Waals surface area contributed by atoms with E-state index in [4.69, 9.17) is 4.74 Å². The van der Waals surface area contributed by atoms with Crippen LogP contribution in [0.4, 0.5) is 0 Å². The molecule has 0 aromatic carbocycles. The third-order valence-electron chi connectivity index (χ3n) is 4.10. The maximum atomic E-state index is 12.1. The van der Waals surface area contributed by atoms with E-state index in [0.717, 1.165) is 12.5 Å². The lowest BCUT2D eigenvalue weighted by atomic mass is 9.93. The highest BCUT2D eigenvalue weighted by molar-refractivity contribution is 5.82. The number of carbonyl (C=O) groups is 1. The minimum Gasteiger partial charge on any atom is -0.384 e. The summed E-state index contributed by atoms with van der Waals surface area (Å²) in [5.41, 5.74) is 0. The molecule has 98 valence electrons. The van der Waals surface area contributed by atoms with Gasteiger partial charge >= 0.3 is 0 Å². The van der Waals surface area contributed by atoms with E-state index < -0.39 is 0 Å². The summed E-state index contributed by atoms with van der Waals surface area (Å²) in [7, 11) is 1.69. The zero-order valence-corrected chi connectivity index (χ0v) is 10.9. The number of amides is 1. The minimum absolute atomic E-state index is 0.0530. The van der Waals surface area contributed by atoms with Crippen molar-refractivity contribution in [1.29, 1.82) is 0 Å². The van der Waals surface area contributed by atoms with Gasteiger partial charge in [0.15, 0.2) is 0 Å². The van der Waals surface area contributed by atoms with Crippen LogP contribution < -0.4 is 10.6 Å². The highest BCUT2D eigenvalue weighted by atomic mass is 16.5. The lowest BCUT2D eigenvalue weighted by molar-refractivity contribution is -0.124. The highest BCUT2D eigenvalue weighted by Gasteiger charge is 2.42. The lowest BCUT2D eigenvalue weighted by Gasteiger charge is -2.19. The molecule has 4 nitrogen and oxygen atoms in total. The summed E-state index contributed by atoms with van der Waals surface area (Å²) in [6, 6.07) is 0.0530. The second-order valence-corrected chi connectivity index (χ2v) is 5.55. The fourth-order valence-corrected chi connectivity index (χ4v) is 3.20. The molecule has 4 heteroatoms. The predicted molar refractivity (Wildman–Crippen MR) is 66.7 cm³/mol. The van der Waals surface area contributed by atoms with Gasteiger partial charge in [-0.15, -0.1) is 0 Å². The van der Waals surface area contributed by atoms with Crippen LogP contribution in [0.1, 0.15) is 26.2 Å². The first-order chi connectivity index (χ1) is 8.22. The Kier molecular flexibility index (Phi) is 4.40. The normalized spacial score (nSPS) is 33.4. The number of hydrogen-bond acceptors (Lipinski definition) is 3. The van der Waals surface area contributed by atoms with E-state index in [1.165, 1.54) is 19.3 Å². The Morgan fingerprint density at radius 2 is 2.35 bits per heavy atom. The van der Waals surface area contributed by atoms with Gasteiger partial charge in [-0.2, -0.15) is 0 Å². The molecule has 0 spiro atoms. The number of carbonyl (C=O) groups excluding carboxylic acids is 1. The van der Waals surface area contributed by atoms with Crippen LogP contribution in [-0.4, -0.2) is 38.8 Å². The molecule has 1 amide bonds. The number of fused-ring (bicyclic) bond motifs is 1. The smallest absolute Gasteiger partial charge is 0.237 e. The monoisotopic (exact) mass is 240 g/mol. The molecule has 4 unspecified atom stereocenters. The molecule has 2 rings (SSSR count). The zero-order valence-electron chi connectivity index (χ0n) is 10.9. The third-order valence-corrected chi connectivity index (χ3v) is 4.10. The summed E-state index contributed by atoms with van der Waals surface area (Å²) in [6.07, 6.45) is 3.80. The van der Waals surface area contributed by atoms with E-state index in [1.807, 2.05) is 0 Å². The van der Waals surface area contributed by atoms with Crippen LogP contribution in [-0.2, 0) is 9.53 Å². The third kappa shape index (κ3) is 2.99. The zero-order chi connectivity index (χ0) is 12.3. The summed E-state index contributed by atoms with van der Waals surface area (Å²) in [6.45, 7) is 4.52. The van der Waals surface area contributed by atoms with Crippen molar-refractivity contribution in [2.75, 3.05) is 26.8 Å². The number of rotatable bonds is 5. The molecular formula is C13H24N2O2. The molecule has 0 aromatic rings. The molecular weight excluding hydrogens is 216 g/mol. The van der Waals surface area contributed by atoms with Gasteiger partial charge in [0.2, 0.25) is 5.91 Å². The van der Waals surface area contributed by atoms with Crippen molar-refractivity contribution in [3.63, 3.8) is 0 Å². The molecule has 2 aliphatic rings. The predicted octanol–water partition coefficient (Wildman–Crippen LogP) is 0.773. The van der Waals surface area contributed by atoms with Gasteiger partial charge in [-0.05, 0) is 37.1 Å². The SMILES string of the molecule is COCC(C)CNC(=O)C1NCC2CCCC21. The Labute approximate surface area is 103 Å². The van der Waals surface area contributed by atoms with E-state index >= 15 is 0 Å². The topological polar surface area (TPSA) is 50.4 Å². The molecule has 1 aliphatic heterocycles. The van der Waals surface area contributed by atoms with Crippen LogP contribution in [0.25, 0.3) is 0 Å². The molecule has 2 fully saturated rings. The van der Waals surface area contributed by atoms with Gasteiger partial charge in [-0.3, -0.25) is 4.79 Å². The minimum atomic E-state index is 0.0530. The molecule has 1 saturated heterocycles. The van der Waals surface area contributed by atoms with Crippen LogP contribution in [0.15, 0.2) is 0 Å². The Balaban J connectivity index is 1.76. The summed E-state index contributed by atoms with van der Waals surface area (Å²) in [5, 5.41) is 6.41. The second kappa shape index (κ2) is 5.83. The fourth-order valence-electron chi connectivity index (χ4n) is 3.20. The van der Waals surface area contributed by atoms with Crippen LogP contribution >= 0.6 is 0 Å². The maximum absolute atomic E-state index is 12.1. The van der Waals surface area contributed by atoms with Crippen molar-refractivity contribution in [3.8, 4) is 0 Å². The molecule has 0 aromatic heterocycles. The summed E-state index contributed by atoms with van der Waals surface area (Å²) in [4.78, 5) is 12.1. The summed E-state index contributed by atoms with van der Waals surface area (Å²) < 4.78 is 5.06. The first-order valence-electron chi connectivity index (χ1n) is 6.72. The van der Waals surface area contributed by atoms with Gasteiger partial charge in [-0.1, -0.05) is 13.3 Å². The first-order valence-corrected chi connectivity index (χ1v) is 6.72. The largest absolute Gasteiger partial charge is 0.384 e. The van der Waals surface area contributed by atoms with Crippen LogP contribution in [0.3, 0.4) is 0 Å². The van der Waals surface area contributed by atoms with Crippen LogP contribution in [0.5, 0.6) is 0 Å². The fraction of sp³-hybridized carbons (Fsp3) is 0.923. The van der Waals surface area contributed by atoms with E-state index in [-0.39, 0.29) is 11.9 Å². The number of methoxy groups -OCH3 is 1. The summed E-state index contributed by atoms with van der Waals surface area (Å²) >= 11 is 0. The molecule has 4 atom stereocenters. The van der Waals surface area contributed by atoms with Crippen molar-refractivity contribution in [3.05, 3.63) is 0 Å².